The molecule has 2 heteroatoms. The molecule has 108 valence electrons. The maximum absolute atomic E-state index is 3.66. The third-order valence-corrected chi connectivity index (χ3v) is 3.58. The highest BCUT2D eigenvalue weighted by molar-refractivity contribution is 5.53. The molecule has 0 heterocycles. The summed E-state index contributed by atoms with van der Waals surface area (Å²) in [6.07, 6.45) is 3.69. The van der Waals surface area contributed by atoms with E-state index in [1.54, 1.807) is 0 Å². The lowest BCUT2D eigenvalue weighted by Gasteiger charge is -2.28. The molecule has 0 saturated heterocycles. The first-order chi connectivity index (χ1) is 9.08. The van der Waals surface area contributed by atoms with Crippen LogP contribution in [-0.4, -0.2) is 26.2 Å². The summed E-state index contributed by atoms with van der Waals surface area (Å²) in [4.78, 5) is 2.39. The second-order valence-electron chi connectivity index (χ2n) is 5.61. The first kappa shape index (κ1) is 16.0. The summed E-state index contributed by atoms with van der Waals surface area (Å²) in [6, 6.07) is 7.30. The van der Waals surface area contributed by atoms with E-state index in [1.807, 2.05) is 0 Å². The molecule has 1 unspecified atom stereocenters. The summed E-state index contributed by atoms with van der Waals surface area (Å²) in [7, 11) is 2.20. The zero-order valence-electron chi connectivity index (χ0n) is 13.3. The number of anilines is 1. The van der Waals surface area contributed by atoms with Gasteiger partial charge in [0.15, 0.2) is 0 Å². The predicted octanol–water partition coefficient (Wildman–Crippen LogP) is 3.91. The summed E-state index contributed by atoms with van der Waals surface area (Å²) >= 11 is 0. The predicted molar refractivity (Wildman–Crippen MR) is 86.2 cm³/mol. The minimum absolute atomic E-state index is 0.593. The SMILES string of the molecule is CCCNC(CCC)CN(C)c1ccc(C)cc1C. The number of likely N-dealkylation sites (N-methyl/N-ethyl adjacent to an activating group) is 1. The van der Waals surface area contributed by atoms with Crippen molar-refractivity contribution in [3.8, 4) is 0 Å². The first-order valence-corrected chi connectivity index (χ1v) is 7.60. The average molecular weight is 262 g/mol. The maximum Gasteiger partial charge on any atom is 0.0394 e. The molecule has 1 aromatic rings. The molecule has 0 aromatic heterocycles. The van der Waals surface area contributed by atoms with Gasteiger partial charge in [-0.1, -0.05) is 38.0 Å². The number of benzene rings is 1. The van der Waals surface area contributed by atoms with Crippen molar-refractivity contribution in [1.29, 1.82) is 0 Å². The minimum Gasteiger partial charge on any atom is -0.373 e. The largest absolute Gasteiger partial charge is 0.373 e. The summed E-state index contributed by atoms with van der Waals surface area (Å²) in [5.74, 6) is 0. The van der Waals surface area contributed by atoms with Gasteiger partial charge in [-0.3, -0.25) is 0 Å². The third kappa shape index (κ3) is 5.23. The molecule has 19 heavy (non-hydrogen) atoms. The molecule has 0 fully saturated rings. The summed E-state index contributed by atoms with van der Waals surface area (Å²) in [6.45, 7) is 11.0. The molecule has 1 rings (SSSR count). The second-order valence-corrected chi connectivity index (χ2v) is 5.61. The van der Waals surface area contributed by atoms with Crippen LogP contribution in [0.15, 0.2) is 18.2 Å². The Hall–Kier alpha value is -1.02. The Morgan fingerprint density at radius 1 is 1.16 bits per heavy atom. The van der Waals surface area contributed by atoms with Gasteiger partial charge >= 0.3 is 0 Å². The Morgan fingerprint density at radius 3 is 2.47 bits per heavy atom. The fourth-order valence-electron chi connectivity index (χ4n) is 2.62. The Labute approximate surface area is 119 Å². The molecule has 2 nitrogen and oxygen atoms in total. The average Bonchev–Trinajstić information content (AvgIpc) is 2.36. The van der Waals surface area contributed by atoms with E-state index < -0.39 is 0 Å². The fraction of sp³-hybridized carbons (Fsp3) is 0.647. The molecule has 0 bridgehead atoms. The van der Waals surface area contributed by atoms with Crippen LogP contribution in [0.4, 0.5) is 5.69 Å². The highest BCUT2D eigenvalue weighted by Gasteiger charge is 2.12. The van der Waals surface area contributed by atoms with Crippen LogP contribution in [0.5, 0.6) is 0 Å². The normalized spacial score (nSPS) is 12.5. The lowest BCUT2D eigenvalue weighted by molar-refractivity contribution is 0.476. The lowest BCUT2D eigenvalue weighted by Crippen LogP contribution is -2.40. The van der Waals surface area contributed by atoms with E-state index in [1.165, 1.54) is 36.1 Å². The number of nitrogens with one attached hydrogen (secondary N) is 1. The number of hydrogen-bond acceptors (Lipinski definition) is 2. The Balaban J connectivity index is 2.66. The van der Waals surface area contributed by atoms with Gasteiger partial charge in [-0.05, 0) is 44.9 Å². The zero-order chi connectivity index (χ0) is 14.3. The van der Waals surface area contributed by atoms with E-state index in [2.05, 4.69) is 63.2 Å². The molecule has 0 saturated carbocycles. The molecule has 0 aliphatic heterocycles. The van der Waals surface area contributed by atoms with Gasteiger partial charge in [0.05, 0.1) is 0 Å². The van der Waals surface area contributed by atoms with E-state index in [4.69, 9.17) is 0 Å². The number of hydrogen-bond donors (Lipinski definition) is 1. The van der Waals surface area contributed by atoms with Gasteiger partial charge in [-0.15, -0.1) is 0 Å². The van der Waals surface area contributed by atoms with Crippen molar-refractivity contribution in [2.24, 2.45) is 0 Å². The van der Waals surface area contributed by atoms with Gasteiger partial charge in [-0.2, -0.15) is 0 Å². The Bertz CT molecular complexity index is 374. The number of nitrogens with zero attached hydrogens (tertiary/aromatic N) is 1. The highest BCUT2D eigenvalue weighted by atomic mass is 15.1. The number of rotatable bonds is 8. The Kier molecular flexibility index (Phi) is 6.93. The van der Waals surface area contributed by atoms with Crippen molar-refractivity contribution < 1.29 is 0 Å². The second kappa shape index (κ2) is 8.21. The minimum atomic E-state index is 0.593. The topological polar surface area (TPSA) is 15.3 Å². The van der Waals surface area contributed by atoms with Crippen LogP contribution >= 0.6 is 0 Å². The van der Waals surface area contributed by atoms with Gasteiger partial charge in [0.2, 0.25) is 0 Å². The standard InChI is InChI=1S/C17H30N2/c1-6-8-16(18-11-7-2)13-19(5)17-10-9-14(3)12-15(17)4/h9-10,12,16,18H,6-8,11,13H2,1-5H3. The highest BCUT2D eigenvalue weighted by Crippen LogP contribution is 2.20. The van der Waals surface area contributed by atoms with Gasteiger partial charge in [0, 0.05) is 25.3 Å². The van der Waals surface area contributed by atoms with E-state index in [0.29, 0.717) is 6.04 Å². The van der Waals surface area contributed by atoms with Crippen LogP contribution in [0.25, 0.3) is 0 Å². The molecule has 1 N–H and O–H groups in total. The van der Waals surface area contributed by atoms with Crippen molar-refractivity contribution >= 4 is 5.69 Å². The van der Waals surface area contributed by atoms with Gasteiger partial charge < -0.3 is 10.2 Å². The molecular weight excluding hydrogens is 232 g/mol. The monoisotopic (exact) mass is 262 g/mol. The molecule has 0 aliphatic carbocycles. The van der Waals surface area contributed by atoms with E-state index in [9.17, 15) is 0 Å². The van der Waals surface area contributed by atoms with Crippen LogP contribution in [0.2, 0.25) is 0 Å². The molecule has 0 aliphatic rings. The van der Waals surface area contributed by atoms with E-state index in [0.717, 1.165) is 13.1 Å². The molecule has 1 atom stereocenters. The van der Waals surface area contributed by atoms with Crippen LogP contribution in [0.1, 0.15) is 44.2 Å². The summed E-state index contributed by atoms with van der Waals surface area (Å²) in [5, 5.41) is 3.66. The van der Waals surface area contributed by atoms with Gasteiger partial charge in [0.1, 0.15) is 0 Å². The van der Waals surface area contributed by atoms with Crippen LogP contribution in [-0.2, 0) is 0 Å². The fourth-order valence-corrected chi connectivity index (χ4v) is 2.62. The summed E-state index contributed by atoms with van der Waals surface area (Å²) in [5.41, 5.74) is 4.06. The Morgan fingerprint density at radius 2 is 1.89 bits per heavy atom. The molecule has 0 spiro atoms. The van der Waals surface area contributed by atoms with Crippen LogP contribution in [0.3, 0.4) is 0 Å². The first-order valence-electron chi connectivity index (χ1n) is 7.60. The van der Waals surface area contributed by atoms with Crippen LogP contribution < -0.4 is 10.2 Å². The molecule has 0 amide bonds. The van der Waals surface area contributed by atoms with Crippen molar-refractivity contribution in [3.63, 3.8) is 0 Å². The lowest BCUT2D eigenvalue weighted by atomic mass is 10.1. The van der Waals surface area contributed by atoms with Crippen molar-refractivity contribution in [1.82, 2.24) is 5.32 Å². The number of aryl methyl sites for hydroxylation is 2. The third-order valence-electron chi connectivity index (χ3n) is 3.58. The van der Waals surface area contributed by atoms with E-state index in [-0.39, 0.29) is 0 Å². The van der Waals surface area contributed by atoms with Crippen molar-refractivity contribution in [3.05, 3.63) is 29.3 Å². The van der Waals surface area contributed by atoms with Crippen molar-refractivity contribution in [2.45, 2.75) is 53.0 Å². The maximum atomic E-state index is 3.66. The zero-order valence-corrected chi connectivity index (χ0v) is 13.3. The summed E-state index contributed by atoms with van der Waals surface area (Å²) < 4.78 is 0. The van der Waals surface area contributed by atoms with Crippen molar-refractivity contribution in [2.75, 3.05) is 25.0 Å². The quantitative estimate of drug-likeness (QED) is 0.764. The van der Waals surface area contributed by atoms with Gasteiger partial charge in [-0.25, -0.2) is 0 Å². The van der Waals surface area contributed by atoms with Gasteiger partial charge in [0.25, 0.3) is 0 Å². The molecule has 1 aromatic carbocycles. The molecular formula is C17H30N2. The van der Waals surface area contributed by atoms with Crippen LogP contribution in [0, 0.1) is 13.8 Å². The smallest absolute Gasteiger partial charge is 0.0394 e. The van der Waals surface area contributed by atoms with E-state index >= 15 is 0 Å². The molecule has 0 radical (unpaired) electrons.